The molecular formula is C25H26O8. The molecule has 1 fully saturated rings. The fourth-order valence-corrected chi connectivity index (χ4v) is 3.90. The summed E-state index contributed by atoms with van der Waals surface area (Å²) < 4.78 is 33.7. The van der Waals surface area contributed by atoms with E-state index in [0.29, 0.717) is 13.2 Å². The largest absolute Gasteiger partial charge is 0.486 e. The number of hydrogen-bond acceptors (Lipinski definition) is 8. The lowest BCUT2D eigenvalue weighted by atomic mass is 10.1. The van der Waals surface area contributed by atoms with E-state index in [4.69, 9.17) is 28.4 Å². The van der Waals surface area contributed by atoms with E-state index in [2.05, 4.69) is 0 Å². The second-order valence-corrected chi connectivity index (χ2v) is 7.65. The zero-order valence-corrected chi connectivity index (χ0v) is 18.5. The average Bonchev–Trinajstić information content (AvgIpc) is 3.39. The van der Waals surface area contributed by atoms with E-state index in [1.54, 1.807) is 0 Å². The summed E-state index contributed by atoms with van der Waals surface area (Å²) in [6.45, 7) is 0.897. The lowest BCUT2D eigenvalue weighted by molar-refractivity contribution is -0.159. The van der Waals surface area contributed by atoms with Crippen molar-refractivity contribution in [3.05, 3.63) is 83.1 Å². The molecule has 2 aromatic carbocycles. The van der Waals surface area contributed by atoms with E-state index in [9.17, 15) is 9.59 Å². The molecule has 0 amide bonds. The van der Waals surface area contributed by atoms with Gasteiger partial charge in [0.1, 0.15) is 23.5 Å². The zero-order valence-electron chi connectivity index (χ0n) is 18.5. The van der Waals surface area contributed by atoms with Crippen molar-refractivity contribution in [3.63, 3.8) is 0 Å². The van der Waals surface area contributed by atoms with Crippen molar-refractivity contribution in [2.45, 2.75) is 37.6 Å². The number of carbonyl (C=O) groups is 2. The van der Waals surface area contributed by atoms with Crippen molar-refractivity contribution in [1.82, 2.24) is 0 Å². The summed E-state index contributed by atoms with van der Waals surface area (Å²) in [6, 6.07) is 19.4. The second-order valence-electron chi connectivity index (χ2n) is 7.65. The Balaban J connectivity index is 1.54. The standard InChI is InChI=1S/C25H26O8/c1-28-24(26)19-21-23(33-22(19)25(27)29-2)20(31-14-17-11-7-4-8-12-17)18(32-21)15-30-13-16-9-5-3-6-10-16/h3-12,18,20,22-23H,13-15H2,1-2H3/t18-,20+,22-,23-/m1/s1. The third-order valence-electron chi connectivity index (χ3n) is 5.51. The SMILES string of the molecule is COC(=O)C1=C2O[C@H](COCc3ccccc3)[C@H](OCc3ccccc3)[C@H]2O[C@H]1C(=O)OC. The first-order valence-corrected chi connectivity index (χ1v) is 10.6. The van der Waals surface area contributed by atoms with Crippen LogP contribution in [-0.2, 0) is 51.2 Å². The molecule has 0 spiro atoms. The molecule has 4 rings (SSSR count). The highest BCUT2D eigenvalue weighted by atomic mass is 16.6. The van der Waals surface area contributed by atoms with Crippen molar-refractivity contribution in [2.75, 3.05) is 20.8 Å². The van der Waals surface area contributed by atoms with Crippen LogP contribution in [0.3, 0.4) is 0 Å². The molecule has 2 heterocycles. The van der Waals surface area contributed by atoms with Gasteiger partial charge in [0.05, 0.1) is 34.0 Å². The van der Waals surface area contributed by atoms with Gasteiger partial charge in [-0.3, -0.25) is 0 Å². The van der Waals surface area contributed by atoms with E-state index < -0.39 is 36.4 Å². The molecule has 0 aromatic heterocycles. The average molecular weight is 454 g/mol. The molecule has 0 aliphatic carbocycles. The molecule has 0 radical (unpaired) electrons. The molecule has 0 bridgehead atoms. The molecule has 2 aromatic rings. The highest BCUT2D eigenvalue weighted by Gasteiger charge is 2.55. The summed E-state index contributed by atoms with van der Waals surface area (Å²) in [7, 11) is 2.46. The molecule has 0 saturated carbocycles. The molecule has 8 nitrogen and oxygen atoms in total. The molecule has 0 N–H and O–H groups in total. The topological polar surface area (TPSA) is 89.5 Å². The molecule has 2 aliphatic heterocycles. The minimum Gasteiger partial charge on any atom is -0.486 e. The van der Waals surface area contributed by atoms with Gasteiger partial charge in [0.15, 0.2) is 12.2 Å². The normalized spacial score (nSPS) is 23.7. The van der Waals surface area contributed by atoms with E-state index in [0.717, 1.165) is 11.1 Å². The van der Waals surface area contributed by atoms with Gasteiger partial charge in [-0.15, -0.1) is 0 Å². The highest BCUT2D eigenvalue weighted by molar-refractivity contribution is 5.98. The molecular weight excluding hydrogens is 428 g/mol. The number of hydrogen-bond donors (Lipinski definition) is 0. The van der Waals surface area contributed by atoms with Crippen LogP contribution >= 0.6 is 0 Å². The van der Waals surface area contributed by atoms with Gasteiger partial charge in [-0.25, -0.2) is 9.59 Å². The molecule has 0 unspecified atom stereocenters. The van der Waals surface area contributed by atoms with Gasteiger partial charge in [0.2, 0.25) is 0 Å². The number of rotatable bonds is 9. The Labute approximate surface area is 192 Å². The van der Waals surface area contributed by atoms with E-state index in [-0.39, 0.29) is 17.9 Å². The van der Waals surface area contributed by atoms with Crippen LogP contribution in [0.1, 0.15) is 11.1 Å². The van der Waals surface area contributed by atoms with Crippen LogP contribution in [-0.4, -0.2) is 57.2 Å². The number of carbonyl (C=O) groups excluding carboxylic acids is 2. The third-order valence-corrected chi connectivity index (χ3v) is 5.51. The Morgan fingerprint density at radius 1 is 0.879 bits per heavy atom. The number of ether oxygens (including phenoxy) is 6. The Hall–Kier alpha value is -3.20. The first-order valence-electron chi connectivity index (χ1n) is 10.6. The Morgan fingerprint density at radius 2 is 1.52 bits per heavy atom. The number of methoxy groups -OCH3 is 2. The lowest BCUT2D eigenvalue weighted by Gasteiger charge is -2.23. The fraction of sp³-hybridized carbons (Fsp3) is 0.360. The van der Waals surface area contributed by atoms with E-state index in [1.807, 2.05) is 60.7 Å². The minimum absolute atomic E-state index is 0.00628. The Kier molecular flexibility index (Phi) is 7.39. The maximum Gasteiger partial charge on any atom is 0.340 e. The summed E-state index contributed by atoms with van der Waals surface area (Å²) in [5.74, 6) is -1.20. The predicted octanol–water partition coefficient (Wildman–Crippen LogP) is 2.55. The molecule has 4 atom stereocenters. The molecule has 2 aliphatic rings. The van der Waals surface area contributed by atoms with Gasteiger partial charge in [-0.05, 0) is 11.1 Å². The van der Waals surface area contributed by atoms with Crippen molar-refractivity contribution in [1.29, 1.82) is 0 Å². The van der Waals surface area contributed by atoms with E-state index in [1.165, 1.54) is 14.2 Å². The van der Waals surface area contributed by atoms with Crippen molar-refractivity contribution in [3.8, 4) is 0 Å². The van der Waals surface area contributed by atoms with Crippen LogP contribution in [0.4, 0.5) is 0 Å². The maximum absolute atomic E-state index is 12.5. The van der Waals surface area contributed by atoms with Gasteiger partial charge in [0, 0.05) is 0 Å². The quantitative estimate of drug-likeness (QED) is 0.534. The van der Waals surface area contributed by atoms with Gasteiger partial charge in [-0.2, -0.15) is 0 Å². The van der Waals surface area contributed by atoms with Crippen molar-refractivity contribution < 1.29 is 38.0 Å². The predicted molar refractivity (Wildman–Crippen MR) is 116 cm³/mol. The number of fused-ring (bicyclic) bond motifs is 1. The second kappa shape index (κ2) is 10.6. The van der Waals surface area contributed by atoms with Crippen LogP contribution < -0.4 is 0 Å². The van der Waals surface area contributed by atoms with Crippen LogP contribution in [0.5, 0.6) is 0 Å². The van der Waals surface area contributed by atoms with Gasteiger partial charge in [-0.1, -0.05) is 60.7 Å². The molecule has 33 heavy (non-hydrogen) atoms. The Morgan fingerprint density at radius 3 is 2.12 bits per heavy atom. The fourth-order valence-electron chi connectivity index (χ4n) is 3.90. The molecule has 1 saturated heterocycles. The molecule has 174 valence electrons. The summed E-state index contributed by atoms with van der Waals surface area (Å²) in [6.07, 6.45) is -3.16. The summed E-state index contributed by atoms with van der Waals surface area (Å²) >= 11 is 0. The summed E-state index contributed by atoms with van der Waals surface area (Å²) in [5, 5.41) is 0. The number of esters is 2. The van der Waals surface area contributed by atoms with Crippen LogP contribution in [0.2, 0.25) is 0 Å². The monoisotopic (exact) mass is 454 g/mol. The smallest absolute Gasteiger partial charge is 0.340 e. The summed E-state index contributed by atoms with van der Waals surface area (Å²) in [5.41, 5.74) is 1.98. The minimum atomic E-state index is -1.24. The van der Waals surface area contributed by atoms with Crippen LogP contribution in [0, 0.1) is 0 Å². The first kappa shape index (κ1) is 23.0. The van der Waals surface area contributed by atoms with Gasteiger partial charge >= 0.3 is 11.9 Å². The molecule has 8 heteroatoms. The Bertz CT molecular complexity index is 988. The number of benzene rings is 2. The van der Waals surface area contributed by atoms with E-state index >= 15 is 0 Å². The highest BCUT2D eigenvalue weighted by Crippen LogP contribution is 2.40. The van der Waals surface area contributed by atoms with Gasteiger partial charge < -0.3 is 28.4 Å². The maximum atomic E-state index is 12.5. The summed E-state index contributed by atoms with van der Waals surface area (Å²) in [4.78, 5) is 24.7. The lowest BCUT2D eigenvalue weighted by Crippen LogP contribution is -2.39. The van der Waals surface area contributed by atoms with Gasteiger partial charge in [0.25, 0.3) is 0 Å². The van der Waals surface area contributed by atoms with Crippen molar-refractivity contribution >= 4 is 11.9 Å². The van der Waals surface area contributed by atoms with Crippen LogP contribution in [0.15, 0.2) is 72.0 Å². The van der Waals surface area contributed by atoms with Crippen LogP contribution in [0.25, 0.3) is 0 Å². The first-order chi connectivity index (χ1) is 16.1. The zero-order chi connectivity index (χ0) is 23.2. The third kappa shape index (κ3) is 5.08. The van der Waals surface area contributed by atoms with Crippen molar-refractivity contribution in [2.24, 2.45) is 0 Å².